The Labute approximate surface area is 89.3 Å². The smallest absolute Gasteiger partial charge is 0.323 e. The Morgan fingerprint density at radius 2 is 2.36 bits per heavy atom. The molecule has 1 N–H and O–H groups in total. The van der Waals surface area contributed by atoms with Gasteiger partial charge in [-0.15, -0.1) is 0 Å². The third kappa shape index (κ3) is 2.10. The summed E-state index contributed by atoms with van der Waals surface area (Å²) in [7, 11) is 0. The molecule has 1 aliphatic heterocycles. The fourth-order valence-corrected chi connectivity index (χ4v) is 1.92. The van der Waals surface area contributed by atoms with Crippen LogP contribution < -0.4 is 0 Å². The van der Waals surface area contributed by atoms with Crippen molar-refractivity contribution in [2.45, 2.75) is 32.2 Å². The zero-order chi connectivity index (χ0) is 10.8. The van der Waals surface area contributed by atoms with E-state index in [1.165, 1.54) is 5.54 Å². The van der Waals surface area contributed by atoms with Crippen LogP contribution in [0.1, 0.15) is 26.7 Å². The van der Waals surface area contributed by atoms with Crippen molar-refractivity contribution in [1.29, 1.82) is 0 Å². The van der Waals surface area contributed by atoms with E-state index in [1.807, 2.05) is 11.8 Å². The van der Waals surface area contributed by atoms with Crippen LogP contribution in [0.25, 0.3) is 0 Å². The summed E-state index contributed by atoms with van der Waals surface area (Å²) in [5.41, 5.74) is 1.81. The SMILES string of the molecule is CC(=CCl)CN1CCCC1(C)C(=O)O. The maximum Gasteiger partial charge on any atom is 0.323 e. The van der Waals surface area contributed by atoms with Gasteiger partial charge in [-0.2, -0.15) is 0 Å². The van der Waals surface area contributed by atoms with E-state index >= 15 is 0 Å². The van der Waals surface area contributed by atoms with Crippen LogP contribution in [0.15, 0.2) is 11.1 Å². The van der Waals surface area contributed by atoms with E-state index in [4.69, 9.17) is 16.7 Å². The van der Waals surface area contributed by atoms with Gasteiger partial charge in [-0.3, -0.25) is 9.69 Å². The zero-order valence-electron chi connectivity index (χ0n) is 8.59. The first-order valence-corrected chi connectivity index (χ1v) is 5.18. The number of carbonyl (C=O) groups is 1. The third-order valence-corrected chi connectivity index (χ3v) is 3.25. The molecular weight excluding hydrogens is 202 g/mol. The van der Waals surface area contributed by atoms with Crippen molar-refractivity contribution in [2.75, 3.05) is 13.1 Å². The highest BCUT2D eigenvalue weighted by Crippen LogP contribution is 2.29. The highest BCUT2D eigenvalue weighted by atomic mass is 35.5. The lowest BCUT2D eigenvalue weighted by Crippen LogP contribution is -2.48. The van der Waals surface area contributed by atoms with Gasteiger partial charge in [-0.05, 0) is 38.8 Å². The molecule has 0 amide bonds. The lowest BCUT2D eigenvalue weighted by atomic mass is 9.99. The van der Waals surface area contributed by atoms with E-state index in [9.17, 15) is 4.79 Å². The monoisotopic (exact) mass is 217 g/mol. The van der Waals surface area contributed by atoms with Crippen molar-refractivity contribution >= 4 is 17.6 Å². The average molecular weight is 218 g/mol. The van der Waals surface area contributed by atoms with Gasteiger partial charge in [0, 0.05) is 12.1 Å². The second-order valence-electron chi connectivity index (χ2n) is 4.06. The molecule has 1 unspecified atom stereocenters. The number of aliphatic carboxylic acids is 1. The van der Waals surface area contributed by atoms with Gasteiger partial charge in [-0.25, -0.2) is 0 Å². The van der Waals surface area contributed by atoms with Gasteiger partial charge in [-0.1, -0.05) is 11.6 Å². The molecule has 0 spiro atoms. The molecule has 1 saturated heterocycles. The maximum absolute atomic E-state index is 11.1. The number of carboxylic acid groups (broad SMARTS) is 1. The second kappa shape index (κ2) is 4.32. The fourth-order valence-electron chi connectivity index (χ4n) is 1.85. The summed E-state index contributed by atoms with van der Waals surface area (Å²) in [4.78, 5) is 13.1. The minimum atomic E-state index is -0.739. The summed E-state index contributed by atoms with van der Waals surface area (Å²) >= 11 is 5.57. The Balaban J connectivity index is 2.73. The van der Waals surface area contributed by atoms with Crippen molar-refractivity contribution < 1.29 is 9.90 Å². The first kappa shape index (κ1) is 11.5. The van der Waals surface area contributed by atoms with Crippen molar-refractivity contribution in [2.24, 2.45) is 0 Å². The molecule has 1 atom stereocenters. The first-order chi connectivity index (χ1) is 6.50. The van der Waals surface area contributed by atoms with E-state index in [-0.39, 0.29) is 0 Å². The van der Waals surface area contributed by atoms with E-state index in [1.54, 1.807) is 6.92 Å². The first-order valence-electron chi connectivity index (χ1n) is 4.75. The van der Waals surface area contributed by atoms with Gasteiger partial charge in [0.15, 0.2) is 0 Å². The summed E-state index contributed by atoms with van der Waals surface area (Å²) in [6.07, 6.45) is 1.66. The molecule has 1 rings (SSSR count). The van der Waals surface area contributed by atoms with E-state index in [0.717, 1.165) is 25.0 Å². The largest absolute Gasteiger partial charge is 0.480 e. The van der Waals surface area contributed by atoms with Crippen molar-refractivity contribution in [1.82, 2.24) is 4.90 Å². The Bertz CT molecular complexity index is 265. The summed E-state index contributed by atoms with van der Waals surface area (Å²) in [6, 6.07) is 0. The number of nitrogens with zero attached hydrogens (tertiary/aromatic N) is 1. The van der Waals surface area contributed by atoms with E-state index < -0.39 is 11.5 Å². The Kier molecular flexibility index (Phi) is 3.56. The quantitative estimate of drug-likeness (QED) is 0.787. The van der Waals surface area contributed by atoms with Gasteiger partial charge in [0.05, 0.1) is 0 Å². The minimum absolute atomic E-state index is 0.645. The molecule has 0 radical (unpaired) electrons. The molecule has 3 nitrogen and oxygen atoms in total. The standard InChI is InChI=1S/C10H16ClNO2/c1-8(6-11)7-12-5-3-4-10(12,2)9(13)14/h6H,3-5,7H2,1-2H3,(H,13,14). The molecule has 1 fully saturated rings. The Hall–Kier alpha value is -0.540. The number of rotatable bonds is 3. The Morgan fingerprint density at radius 3 is 2.86 bits per heavy atom. The van der Waals surface area contributed by atoms with Crippen LogP contribution in [0.2, 0.25) is 0 Å². The second-order valence-corrected chi connectivity index (χ2v) is 4.28. The van der Waals surface area contributed by atoms with Gasteiger partial charge < -0.3 is 5.11 Å². The van der Waals surface area contributed by atoms with Gasteiger partial charge >= 0.3 is 5.97 Å². The molecule has 0 aromatic rings. The number of halogens is 1. The molecule has 80 valence electrons. The molecule has 0 aromatic heterocycles. The number of likely N-dealkylation sites (tertiary alicyclic amines) is 1. The van der Waals surface area contributed by atoms with E-state index in [2.05, 4.69) is 0 Å². The average Bonchev–Trinajstić information content (AvgIpc) is 2.49. The molecule has 1 heterocycles. The van der Waals surface area contributed by atoms with Crippen molar-refractivity contribution in [3.05, 3.63) is 11.1 Å². The fraction of sp³-hybridized carbons (Fsp3) is 0.700. The summed E-state index contributed by atoms with van der Waals surface area (Å²) in [5, 5.41) is 9.13. The molecule has 1 aliphatic rings. The molecule has 0 bridgehead atoms. The normalized spacial score (nSPS) is 29.5. The lowest BCUT2D eigenvalue weighted by Gasteiger charge is -2.31. The zero-order valence-corrected chi connectivity index (χ0v) is 9.34. The summed E-state index contributed by atoms with van der Waals surface area (Å²) in [6.45, 7) is 5.18. The number of carboxylic acids is 1. The number of hydrogen-bond acceptors (Lipinski definition) is 2. The van der Waals surface area contributed by atoms with Crippen LogP contribution in [0.5, 0.6) is 0 Å². The van der Waals surface area contributed by atoms with Crippen LogP contribution in [0, 0.1) is 0 Å². The lowest BCUT2D eigenvalue weighted by molar-refractivity contribution is -0.148. The van der Waals surface area contributed by atoms with Crippen molar-refractivity contribution in [3.63, 3.8) is 0 Å². The minimum Gasteiger partial charge on any atom is -0.480 e. The van der Waals surface area contributed by atoms with Gasteiger partial charge in [0.25, 0.3) is 0 Å². The predicted octanol–water partition coefficient (Wildman–Crippen LogP) is 2.07. The van der Waals surface area contributed by atoms with Gasteiger partial charge in [0.1, 0.15) is 5.54 Å². The molecule has 0 saturated carbocycles. The highest BCUT2D eigenvalue weighted by molar-refractivity contribution is 6.25. The highest BCUT2D eigenvalue weighted by Gasteiger charge is 2.42. The van der Waals surface area contributed by atoms with E-state index in [0.29, 0.717) is 6.54 Å². The number of hydrogen-bond donors (Lipinski definition) is 1. The van der Waals surface area contributed by atoms with Gasteiger partial charge in [0.2, 0.25) is 0 Å². The third-order valence-electron chi connectivity index (χ3n) is 2.88. The molecule has 0 aliphatic carbocycles. The molecular formula is C10H16ClNO2. The van der Waals surface area contributed by atoms with Crippen LogP contribution in [-0.2, 0) is 4.79 Å². The van der Waals surface area contributed by atoms with Crippen LogP contribution in [0.4, 0.5) is 0 Å². The summed E-state index contributed by atoms with van der Waals surface area (Å²) in [5.74, 6) is -0.739. The maximum atomic E-state index is 11.1. The molecule has 0 aromatic carbocycles. The van der Waals surface area contributed by atoms with Crippen LogP contribution >= 0.6 is 11.6 Å². The summed E-state index contributed by atoms with van der Waals surface area (Å²) < 4.78 is 0. The van der Waals surface area contributed by atoms with Crippen molar-refractivity contribution in [3.8, 4) is 0 Å². The van der Waals surface area contributed by atoms with Crippen LogP contribution in [0.3, 0.4) is 0 Å². The van der Waals surface area contributed by atoms with Crippen LogP contribution in [-0.4, -0.2) is 34.6 Å². The molecule has 4 heteroatoms. The Morgan fingerprint density at radius 1 is 1.71 bits per heavy atom. The molecule has 14 heavy (non-hydrogen) atoms. The topological polar surface area (TPSA) is 40.5 Å². The predicted molar refractivity (Wildman–Crippen MR) is 56.5 cm³/mol.